The summed E-state index contributed by atoms with van der Waals surface area (Å²) in [5.74, 6) is -0.862. The van der Waals surface area contributed by atoms with Crippen molar-refractivity contribution in [3.05, 3.63) is 35.0 Å². The van der Waals surface area contributed by atoms with E-state index in [0.717, 1.165) is 29.4 Å². The second-order valence-electron chi connectivity index (χ2n) is 4.38. The molecule has 1 aromatic carbocycles. The van der Waals surface area contributed by atoms with Gasteiger partial charge >= 0.3 is 5.97 Å². The van der Waals surface area contributed by atoms with Gasteiger partial charge in [-0.25, -0.2) is 4.79 Å². The fraction of sp³-hybridized carbons (Fsp3) is 0.357. The van der Waals surface area contributed by atoms with Crippen molar-refractivity contribution in [1.82, 2.24) is 4.57 Å². The van der Waals surface area contributed by atoms with E-state index in [-0.39, 0.29) is 0 Å². The zero-order valence-corrected chi connectivity index (χ0v) is 10.4. The standard InChI is InChI=1S/C14H17NO2/c1-4-6-10-9(2)15(3)13-11(10)7-5-8-12(13)14(16)17/h5,7-8H,4,6H2,1-3H3,(H,16,17). The minimum absolute atomic E-state index is 0.385. The third-order valence-electron chi connectivity index (χ3n) is 3.37. The molecular weight excluding hydrogens is 214 g/mol. The molecule has 2 aromatic rings. The Kier molecular flexibility index (Phi) is 2.92. The molecule has 0 saturated heterocycles. The number of aromatic carboxylic acids is 1. The number of benzene rings is 1. The molecule has 17 heavy (non-hydrogen) atoms. The van der Waals surface area contributed by atoms with Gasteiger partial charge in [-0.3, -0.25) is 0 Å². The van der Waals surface area contributed by atoms with E-state index in [1.54, 1.807) is 6.07 Å². The first-order valence-corrected chi connectivity index (χ1v) is 5.88. The molecule has 0 fully saturated rings. The predicted octanol–water partition coefficient (Wildman–Crippen LogP) is 3.14. The molecule has 0 aliphatic heterocycles. The highest BCUT2D eigenvalue weighted by molar-refractivity contribution is 6.03. The Hall–Kier alpha value is -1.77. The van der Waals surface area contributed by atoms with Gasteiger partial charge in [0.05, 0.1) is 11.1 Å². The van der Waals surface area contributed by atoms with Crippen LogP contribution < -0.4 is 0 Å². The number of carboxylic acid groups (broad SMARTS) is 1. The average molecular weight is 231 g/mol. The average Bonchev–Trinajstić information content (AvgIpc) is 2.55. The summed E-state index contributed by atoms with van der Waals surface area (Å²) in [6.45, 7) is 4.19. The smallest absolute Gasteiger partial charge is 0.337 e. The lowest BCUT2D eigenvalue weighted by Gasteiger charge is -2.02. The molecule has 0 amide bonds. The maximum atomic E-state index is 11.2. The SMILES string of the molecule is CCCc1c(C)n(C)c2c(C(=O)O)cccc12. The van der Waals surface area contributed by atoms with Crippen molar-refractivity contribution in [1.29, 1.82) is 0 Å². The molecule has 3 nitrogen and oxygen atoms in total. The first-order valence-electron chi connectivity index (χ1n) is 5.88. The molecule has 1 N–H and O–H groups in total. The Bertz CT molecular complexity index is 581. The summed E-state index contributed by atoms with van der Waals surface area (Å²) in [7, 11) is 1.93. The first-order chi connectivity index (χ1) is 8.07. The van der Waals surface area contributed by atoms with Crippen LogP contribution in [0.1, 0.15) is 35.0 Å². The van der Waals surface area contributed by atoms with E-state index in [9.17, 15) is 9.90 Å². The monoisotopic (exact) mass is 231 g/mol. The van der Waals surface area contributed by atoms with Crippen molar-refractivity contribution in [2.75, 3.05) is 0 Å². The number of carbonyl (C=O) groups is 1. The number of fused-ring (bicyclic) bond motifs is 1. The number of rotatable bonds is 3. The van der Waals surface area contributed by atoms with Crippen LogP contribution in [0.2, 0.25) is 0 Å². The van der Waals surface area contributed by atoms with E-state index in [1.807, 2.05) is 23.7 Å². The quantitative estimate of drug-likeness (QED) is 0.881. The van der Waals surface area contributed by atoms with Gasteiger partial charge in [-0.1, -0.05) is 25.5 Å². The fourth-order valence-electron chi connectivity index (χ4n) is 2.45. The Morgan fingerprint density at radius 2 is 2.12 bits per heavy atom. The highest BCUT2D eigenvalue weighted by atomic mass is 16.4. The predicted molar refractivity (Wildman–Crippen MR) is 68.6 cm³/mol. The molecule has 0 spiro atoms. The van der Waals surface area contributed by atoms with Gasteiger partial charge in [0.15, 0.2) is 0 Å². The Balaban J connectivity index is 2.84. The Labute approximate surface area is 101 Å². The van der Waals surface area contributed by atoms with Gasteiger partial charge < -0.3 is 9.67 Å². The van der Waals surface area contributed by atoms with E-state index in [0.29, 0.717) is 5.56 Å². The third kappa shape index (κ3) is 1.71. The minimum atomic E-state index is -0.862. The van der Waals surface area contributed by atoms with Crippen LogP contribution >= 0.6 is 0 Å². The van der Waals surface area contributed by atoms with Crippen molar-refractivity contribution in [2.45, 2.75) is 26.7 Å². The number of nitrogens with zero attached hydrogens (tertiary/aromatic N) is 1. The van der Waals surface area contributed by atoms with Gasteiger partial charge in [-0.15, -0.1) is 0 Å². The topological polar surface area (TPSA) is 42.2 Å². The van der Waals surface area contributed by atoms with Gasteiger partial charge in [0.1, 0.15) is 0 Å². The summed E-state index contributed by atoms with van der Waals surface area (Å²) in [5, 5.41) is 10.3. The van der Waals surface area contributed by atoms with E-state index in [4.69, 9.17) is 0 Å². The van der Waals surface area contributed by atoms with Crippen LogP contribution in [0.5, 0.6) is 0 Å². The fourth-order valence-corrected chi connectivity index (χ4v) is 2.45. The maximum absolute atomic E-state index is 11.2. The maximum Gasteiger partial charge on any atom is 0.337 e. The molecule has 1 aromatic heterocycles. The first kappa shape index (κ1) is 11.7. The van der Waals surface area contributed by atoms with Crippen LogP contribution in [0.25, 0.3) is 10.9 Å². The van der Waals surface area contributed by atoms with Crippen LogP contribution in [-0.2, 0) is 13.5 Å². The number of hydrogen-bond acceptors (Lipinski definition) is 1. The molecule has 0 aliphatic rings. The zero-order valence-electron chi connectivity index (χ0n) is 10.4. The molecule has 0 unspecified atom stereocenters. The molecule has 0 aliphatic carbocycles. The van der Waals surface area contributed by atoms with Gasteiger partial charge in [0, 0.05) is 18.1 Å². The number of hydrogen-bond donors (Lipinski definition) is 1. The van der Waals surface area contributed by atoms with E-state index >= 15 is 0 Å². The van der Waals surface area contributed by atoms with E-state index < -0.39 is 5.97 Å². The van der Waals surface area contributed by atoms with Crippen molar-refractivity contribution < 1.29 is 9.90 Å². The van der Waals surface area contributed by atoms with Gasteiger partial charge in [-0.05, 0) is 25.0 Å². The van der Waals surface area contributed by atoms with E-state index in [1.165, 1.54) is 5.56 Å². The third-order valence-corrected chi connectivity index (χ3v) is 3.37. The molecule has 1 heterocycles. The molecule has 2 rings (SSSR count). The van der Waals surface area contributed by atoms with Crippen LogP contribution in [0.4, 0.5) is 0 Å². The van der Waals surface area contributed by atoms with E-state index in [2.05, 4.69) is 13.8 Å². The second kappa shape index (κ2) is 4.24. The normalized spacial score (nSPS) is 11.0. The molecule has 0 bridgehead atoms. The summed E-state index contributed by atoms with van der Waals surface area (Å²) in [4.78, 5) is 11.2. The Morgan fingerprint density at radius 3 is 2.71 bits per heavy atom. The van der Waals surface area contributed by atoms with Gasteiger partial charge in [0.2, 0.25) is 0 Å². The highest BCUT2D eigenvalue weighted by Gasteiger charge is 2.16. The van der Waals surface area contributed by atoms with Crippen LogP contribution in [0.15, 0.2) is 18.2 Å². The summed E-state index contributed by atoms with van der Waals surface area (Å²) in [6, 6.07) is 5.50. The summed E-state index contributed by atoms with van der Waals surface area (Å²) in [5.41, 5.74) is 3.65. The zero-order chi connectivity index (χ0) is 12.6. The summed E-state index contributed by atoms with van der Waals surface area (Å²) < 4.78 is 1.99. The second-order valence-corrected chi connectivity index (χ2v) is 4.38. The molecule has 3 heteroatoms. The van der Waals surface area contributed by atoms with Gasteiger partial charge in [-0.2, -0.15) is 0 Å². The van der Waals surface area contributed by atoms with Crippen LogP contribution in [-0.4, -0.2) is 15.6 Å². The minimum Gasteiger partial charge on any atom is -0.478 e. The lowest BCUT2D eigenvalue weighted by molar-refractivity contribution is 0.0698. The Morgan fingerprint density at radius 1 is 1.41 bits per heavy atom. The highest BCUT2D eigenvalue weighted by Crippen LogP contribution is 2.28. The van der Waals surface area contributed by atoms with Crippen molar-refractivity contribution in [3.63, 3.8) is 0 Å². The summed E-state index contributed by atoms with van der Waals surface area (Å²) >= 11 is 0. The molecular formula is C14H17NO2. The number of para-hydroxylation sites is 1. The van der Waals surface area contributed by atoms with Crippen molar-refractivity contribution in [2.24, 2.45) is 7.05 Å². The number of aromatic nitrogens is 1. The lowest BCUT2D eigenvalue weighted by Crippen LogP contribution is -2.01. The number of aryl methyl sites for hydroxylation is 2. The lowest BCUT2D eigenvalue weighted by atomic mass is 10.0. The van der Waals surface area contributed by atoms with Crippen LogP contribution in [0, 0.1) is 6.92 Å². The van der Waals surface area contributed by atoms with Crippen molar-refractivity contribution in [3.8, 4) is 0 Å². The largest absolute Gasteiger partial charge is 0.478 e. The number of carboxylic acids is 1. The molecule has 90 valence electrons. The summed E-state index contributed by atoms with van der Waals surface area (Å²) in [6.07, 6.45) is 2.06. The van der Waals surface area contributed by atoms with Crippen LogP contribution in [0.3, 0.4) is 0 Å². The molecule has 0 saturated carbocycles. The van der Waals surface area contributed by atoms with Crippen molar-refractivity contribution >= 4 is 16.9 Å². The molecule has 0 atom stereocenters. The van der Waals surface area contributed by atoms with Gasteiger partial charge in [0.25, 0.3) is 0 Å². The molecule has 0 radical (unpaired) electrons.